The Morgan fingerprint density at radius 3 is 2.11 bits per heavy atom. The molecule has 0 bridgehead atoms. The van der Waals surface area contributed by atoms with E-state index < -0.39 is 5.25 Å². The minimum atomic E-state index is -0.532. The number of hydrogen-bond acceptors (Lipinski definition) is 3. The van der Waals surface area contributed by atoms with Gasteiger partial charge in [-0.2, -0.15) is 0 Å². The molecule has 1 unspecified atom stereocenters. The van der Waals surface area contributed by atoms with Crippen LogP contribution in [0, 0.1) is 0 Å². The molecule has 0 saturated heterocycles. The van der Waals surface area contributed by atoms with Crippen LogP contribution in [0.1, 0.15) is 16.4 Å². The van der Waals surface area contributed by atoms with E-state index in [-0.39, 0.29) is 11.8 Å². The summed E-state index contributed by atoms with van der Waals surface area (Å²) in [6.07, 6.45) is 3.25. The predicted molar refractivity (Wildman–Crippen MR) is 151 cm³/mol. The van der Waals surface area contributed by atoms with Gasteiger partial charge in [-0.15, -0.1) is 11.8 Å². The lowest BCUT2D eigenvalue weighted by molar-refractivity contribution is -0.116. The van der Waals surface area contributed by atoms with Crippen molar-refractivity contribution in [3.63, 3.8) is 0 Å². The van der Waals surface area contributed by atoms with Crippen LogP contribution in [0.5, 0.6) is 0 Å². The zero-order chi connectivity index (χ0) is 25.3. The van der Waals surface area contributed by atoms with Crippen molar-refractivity contribution in [3.05, 3.63) is 130 Å². The van der Waals surface area contributed by atoms with E-state index in [9.17, 15) is 9.59 Å². The van der Waals surface area contributed by atoms with Crippen molar-refractivity contribution in [2.75, 3.05) is 10.6 Å². The summed E-state index contributed by atoms with van der Waals surface area (Å²) >= 11 is 13.8. The van der Waals surface area contributed by atoms with Crippen LogP contribution in [0.4, 0.5) is 11.4 Å². The Balaban J connectivity index is 1.46. The highest BCUT2D eigenvalue weighted by Crippen LogP contribution is 2.38. The lowest BCUT2D eigenvalue weighted by atomic mass is 10.1. The van der Waals surface area contributed by atoms with Gasteiger partial charge < -0.3 is 10.6 Å². The number of benzene rings is 4. The SMILES string of the molecule is O=C(/C=C/c1ccccc1)Nc1ccc(SC(C(=O)Nc2cccc(Cl)c2Cl)c2ccccc2)cc1. The van der Waals surface area contributed by atoms with Crippen molar-refractivity contribution in [2.24, 2.45) is 0 Å². The average Bonchev–Trinajstić information content (AvgIpc) is 2.90. The van der Waals surface area contributed by atoms with Crippen LogP contribution < -0.4 is 10.6 Å². The molecule has 0 spiro atoms. The lowest BCUT2D eigenvalue weighted by Crippen LogP contribution is -2.19. The Labute approximate surface area is 224 Å². The zero-order valence-corrected chi connectivity index (χ0v) is 21.4. The fourth-order valence-corrected chi connectivity index (χ4v) is 4.74. The van der Waals surface area contributed by atoms with Crippen LogP contribution in [0.3, 0.4) is 0 Å². The summed E-state index contributed by atoms with van der Waals surface area (Å²) in [4.78, 5) is 26.4. The third kappa shape index (κ3) is 7.01. The van der Waals surface area contributed by atoms with E-state index in [0.717, 1.165) is 16.0 Å². The molecule has 1 atom stereocenters. The smallest absolute Gasteiger partial charge is 0.248 e. The molecular formula is C29H22Cl2N2O2S. The zero-order valence-electron chi connectivity index (χ0n) is 19.0. The largest absolute Gasteiger partial charge is 0.323 e. The second-order valence-electron chi connectivity index (χ2n) is 7.76. The highest BCUT2D eigenvalue weighted by atomic mass is 35.5. The Bertz CT molecular complexity index is 1360. The van der Waals surface area contributed by atoms with E-state index in [2.05, 4.69) is 10.6 Å². The van der Waals surface area contributed by atoms with E-state index in [1.807, 2.05) is 84.9 Å². The number of hydrogen-bond donors (Lipinski definition) is 2. The molecule has 36 heavy (non-hydrogen) atoms. The third-order valence-corrected chi connectivity index (χ3v) is 7.24. The van der Waals surface area contributed by atoms with Crippen LogP contribution in [-0.4, -0.2) is 11.8 Å². The minimum absolute atomic E-state index is 0.223. The Morgan fingerprint density at radius 2 is 1.42 bits per heavy atom. The maximum Gasteiger partial charge on any atom is 0.248 e. The molecule has 4 aromatic carbocycles. The van der Waals surface area contributed by atoms with Gasteiger partial charge in [-0.1, -0.05) is 89.9 Å². The van der Waals surface area contributed by atoms with Crippen LogP contribution in [0.15, 0.2) is 114 Å². The first-order chi connectivity index (χ1) is 17.5. The van der Waals surface area contributed by atoms with Crippen molar-refractivity contribution in [1.82, 2.24) is 0 Å². The average molecular weight is 533 g/mol. The molecule has 4 aromatic rings. The van der Waals surface area contributed by atoms with E-state index in [1.54, 1.807) is 24.3 Å². The van der Waals surface area contributed by atoms with Gasteiger partial charge in [0.15, 0.2) is 0 Å². The molecular weight excluding hydrogens is 511 g/mol. The normalized spacial score (nSPS) is 11.7. The molecule has 0 radical (unpaired) electrons. The second kappa shape index (κ2) is 12.5. The number of thioether (sulfide) groups is 1. The summed E-state index contributed by atoms with van der Waals surface area (Å²) in [5, 5.41) is 5.88. The molecule has 0 fully saturated rings. The Kier molecular flexibility index (Phi) is 8.85. The van der Waals surface area contributed by atoms with Crippen LogP contribution >= 0.6 is 35.0 Å². The van der Waals surface area contributed by atoms with Gasteiger partial charge in [0.2, 0.25) is 11.8 Å². The van der Waals surface area contributed by atoms with Crippen LogP contribution in [0.25, 0.3) is 6.08 Å². The predicted octanol–water partition coefficient (Wildman–Crippen LogP) is 8.12. The highest BCUT2D eigenvalue weighted by Gasteiger charge is 2.23. The summed E-state index contributed by atoms with van der Waals surface area (Å²) in [5.41, 5.74) is 2.91. The van der Waals surface area contributed by atoms with Gasteiger partial charge in [-0.05, 0) is 53.6 Å². The number of halogens is 2. The maximum absolute atomic E-state index is 13.3. The van der Waals surface area contributed by atoms with Gasteiger partial charge in [0, 0.05) is 16.7 Å². The Hall–Kier alpha value is -3.51. The van der Waals surface area contributed by atoms with Crippen molar-refractivity contribution < 1.29 is 9.59 Å². The lowest BCUT2D eigenvalue weighted by Gasteiger charge is -2.18. The van der Waals surface area contributed by atoms with Crippen molar-refractivity contribution >= 4 is 64.2 Å². The number of carbonyl (C=O) groups is 2. The monoisotopic (exact) mass is 532 g/mol. The number of rotatable bonds is 8. The van der Waals surface area contributed by atoms with Gasteiger partial charge in [0.05, 0.1) is 15.7 Å². The van der Waals surface area contributed by atoms with Crippen molar-refractivity contribution in [3.8, 4) is 0 Å². The second-order valence-corrected chi connectivity index (χ2v) is 9.72. The minimum Gasteiger partial charge on any atom is -0.323 e. The van der Waals surface area contributed by atoms with Crippen molar-refractivity contribution in [1.29, 1.82) is 0 Å². The summed E-state index contributed by atoms with van der Waals surface area (Å²) in [5.74, 6) is -0.446. The number of carbonyl (C=O) groups excluding carboxylic acids is 2. The van der Waals surface area contributed by atoms with Gasteiger partial charge in [-0.25, -0.2) is 0 Å². The first-order valence-electron chi connectivity index (χ1n) is 11.1. The molecule has 0 aliphatic rings. The summed E-state index contributed by atoms with van der Waals surface area (Å²) in [7, 11) is 0. The molecule has 180 valence electrons. The number of anilines is 2. The quantitative estimate of drug-likeness (QED) is 0.178. The van der Waals surface area contributed by atoms with Crippen molar-refractivity contribution in [2.45, 2.75) is 10.1 Å². The third-order valence-electron chi connectivity index (χ3n) is 5.15. The standard InChI is InChI=1S/C29H22Cl2N2O2S/c30-24-12-7-13-25(27(24)31)33-29(35)28(21-10-5-2-6-11-21)36-23-17-15-22(16-18-23)32-26(34)19-14-20-8-3-1-4-9-20/h1-19,28H,(H,32,34)(H,33,35)/b19-14+. The Morgan fingerprint density at radius 1 is 0.750 bits per heavy atom. The molecule has 0 heterocycles. The summed E-state index contributed by atoms with van der Waals surface area (Å²) < 4.78 is 0. The summed E-state index contributed by atoms with van der Waals surface area (Å²) in [6, 6.07) is 31.6. The molecule has 0 aliphatic heterocycles. The molecule has 4 rings (SSSR count). The van der Waals surface area contributed by atoms with Gasteiger partial charge in [0.1, 0.15) is 5.25 Å². The molecule has 7 heteroatoms. The first kappa shape index (κ1) is 25.6. The fourth-order valence-electron chi connectivity index (χ4n) is 3.37. The molecule has 0 aliphatic carbocycles. The molecule has 4 nitrogen and oxygen atoms in total. The van der Waals surface area contributed by atoms with E-state index in [0.29, 0.717) is 21.4 Å². The first-order valence-corrected chi connectivity index (χ1v) is 12.7. The number of amides is 2. The van der Waals surface area contributed by atoms with Gasteiger partial charge >= 0.3 is 0 Å². The molecule has 2 N–H and O–H groups in total. The molecule has 0 saturated carbocycles. The van der Waals surface area contributed by atoms with Crippen LogP contribution in [0.2, 0.25) is 10.0 Å². The highest BCUT2D eigenvalue weighted by molar-refractivity contribution is 8.00. The fraction of sp³-hybridized carbons (Fsp3) is 0.0345. The number of nitrogens with one attached hydrogen (secondary N) is 2. The maximum atomic E-state index is 13.3. The van der Waals surface area contributed by atoms with E-state index in [1.165, 1.54) is 17.8 Å². The van der Waals surface area contributed by atoms with Gasteiger partial charge in [-0.3, -0.25) is 9.59 Å². The van der Waals surface area contributed by atoms with Gasteiger partial charge in [0.25, 0.3) is 0 Å². The van der Waals surface area contributed by atoms with Crippen LogP contribution in [-0.2, 0) is 9.59 Å². The van der Waals surface area contributed by atoms with E-state index >= 15 is 0 Å². The molecule has 2 amide bonds. The van der Waals surface area contributed by atoms with E-state index in [4.69, 9.17) is 23.2 Å². The molecule has 0 aromatic heterocycles. The topological polar surface area (TPSA) is 58.2 Å². The summed E-state index contributed by atoms with van der Waals surface area (Å²) in [6.45, 7) is 0.